The highest BCUT2D eigenvalue weighted by Crippen LogP contribution is 2.35. The van der Waals surface area contributed by atoms with Crippen LogP contribution in [-0.4, -0.2) is 48.2 Å². The van der Waals surface area contributed by atoms with Crippen LogP contribution in [0.25, 0.3) is 0 Å². The summed E-state index contributed by atoms with van der Waals surface area (Å²) in [6.07, 6.45) is 0. The van der Waals surface area contributed by atoms with Gasteiger partial charge in [-0.3, -0.25) is 14.4 Å². The number of hydrogen-bond donors (Lipinski definition) is 1. The molecule has 2 atom stereocenters. The van der Waals surface area contributed by atoms with Crippen LogP contribution in [0.3, 0.4) is 0 Å². The minimum absolute atomic E-state index is 0.0347. The van der Waals surface area contributed by atoms with Gasteiger partial charge in [0.1, 0.15) is 11.9 Å². The van der Waals surface area contributed by atoms with Crippen LogP contribution >= 0.6 is 11.6 Å². The average Bonchev–Trinajstić information content (AvgIpc) is 3.14. The molecule has 6 nitrogen and oxygen atoms in total. The molecule has 4 rings (SSSR count). The number of carbonyl (C=O) groups excluding carboxylic acids is 3. The van der Waals surface area contributed by atoms with Gasteiger partial charge < -0.3 is 15.1 Å². The van der Waals surface area contributed by atoms with Crippen molar-refractivity contribution < 1.29 is 18.8 Å². The average molecular weight is 508 g/mol. The van der Waals surface area contributed by atoms with Crippen molar-refractivity contribution in [1.82, 2.24) is 15.1 Å². The van der Waals surface area contributed by atoms with Gasteiger partial charge in [-0.15, -0.1) is 0 Å². The van der Waals surface area contributed by atoms with Gasteiger partial charge in [0.05, 0.1) is 5.56 Å². The van der Waals surface area contributed by atoms with Crippen LogP contribution in [0.2, 0.25) is 5.02 Å². The van der Waals surface area contributed by atoms with Crippen molar-refractivity contribution in [3.63, 3.8) is 0 Å². The number of nitrogens with one attached hydrogen (secondary N) is 1. The van der Waals surface area contributed by atoms with E-state index < -0.39 is 17.8 Å². The minimum Gasteiger partial charge on any atom is -0.350 e. The number of carbonyl (C=O) groups is 3. The number of amides is 3. The maximum absolute atomic E-state index is 14.2. The molecule has 36 heavy (non-hydrogen) atoms. The molecule has 0 aromatic heterocycles. The molecule has 1 heterocycles. The molecule has 0 fully saturated rings. The summed E-state index contributed by atoms with van der Waals surface area (Å²) in [4.78, 5) is 41.8. The first-order valence-electron chi connectivity index (χ1n) is 11.6. The maximum atomic E-state index is 14.2. The van der Waals surface area contributed by atoms with Gasteiger partial charge in [0, 0.05) is 37.8 Å². The molecule has 2 unspecified atom stereocenters. The van der Waals surface area contributed by atoms with Crippen LogP contribution in [0.15, 0.2) is 66.7 Å². The fourth-order valence-electron chi connectivity index (χ4n) is 4.41. The number of fused-ring (bicyclic) bond motifs is 1. The molecule has 3 aromatic carbocycles. The summed E-state index contributed by atoms with van der Waals surface area (Å²) in [6, 6.07) is 17.9. The summed E-state index contributed by atoms with van der Waals surface area (Å²) in [5.41, 5.74) is 2.67. The van der Waals surface area contributed by atoms with Gasteiger partial charge in [-0.05, 0) is 52.9 Å². The van der Waals surface area contributed by atoms with Crippen LogP contribution < -0.4 is 5.32 Å². The van der Waals surface area contributed by atoms with Gasteiger partial charge in [0.25, 0.3) is 11.8 Å². The summed E-state index contributed by atoms with van der Waals surface area (Å²) in [7, 11) is 3.09. The second-order valence-corrected chi connectivity index (χ2v) is 9.57. The van der Waals surface area contributed by atoms with Gasteiger partial charge in [0.2, 0.25) is 5.91 Å². The Hall–Kier alpha value is -3.71. The van der Waals surface area contributed by atoms with Crippen LogP contribution in [0.5, 0.6) is 0 Å². The van der Waals surface area contributed by atoms with Crippen molar-refractivity contribution in [3.8, 4) is 0 Å². The first-order valence-corrected chi connectivity index (χ1v) is 12.0. The quantitative estimate of drug-likeness (QED) is 0.499. The molecule has 0 bridgehead atoms. The molecule has 8 heteroatoms. The zero-order valence-corrected chi connectivity index (χ0v) is 21.1. The van der Waals surface area contributed by atoms with Crippen molar-refractivity contribution in [3.05, 3.63) is 105 Å². The van der Waals surface area contributed by atoms with Crippen molar-refractivity contribution in [2.24, 2.45) is 0 Å². The minimum atomic E-state index is -0.799. The smallest absolute Gasteiger partial charge is 0.256 e. The van der Waals surface area contributed by atoms with E-state index in [0.29, 0.717) is 28.3 Å². The Morgan fingerprint density at radius 1 is 1.08 bits per heavy atom. The molecule has 3 aromatic rings. The molecule has 0 aliphatic carbocycles. The van der Waals surface area contributed by atoms with Gasteiger partial charge in [-0.2, -0.15) is 0 Å². The van der Waals surface area contributed by atoms with Crippen LogP contribution in [0.1, 0.15) is 56.3 Å². The van der Waals surface area contributed by atoms with E-state index in [4.69, 9.17) is 11.6 Å². The largest absolute Gasteiger partial charge is 0.350 e. The second-order valence-electron chi connectivity index (χ2n) is 9.13. The number of benzene rings is 3. The molecule has 3 amide bonds. The molecular weight excluding hydrogens is 481 g/mol. The Balaban J connectivity index is 1.55. The van der Waals surface area contributed by atoms with Crippen molar-refractivity contribution in [2.45, 2.75) is 25.4 Å². The summed E-state index contributed by atoms with van der Waals surface area (Å²) < 4.78 is 14.2. The van der Waals surface area contributed by atoms with Gasteiger partial charge in [0.15, 0.2) is 0 Å². The predicted octanol–water partition coefficient (Wildman–Crippen LogP) is 4.80. The monoisotopic (exact) mass is 507 g/mol. The second kappa shape index (κ2) is 10.5. The Morgan fingerprint density at radius 3 is 2.47 bits per heavy atom. The molecule has 1 N–H and O–H groups in total. The lowest BCUT2D eigenvalue weighted by atomic mass is 9.99. The van der Waals surface area contributed by atoms with E-state index in [2.05, 4.69) is 5.32 Å². The van der Waals surface area contributed by atoms with Gasteiger partial charge >= 0.3 is 0 Å². The normalized spacial score (nSPS) is 15.4. The van der Waals surface area contributed by atoms with Crippen molar-refractivity contribution >= 4 is 29.3 Å². The van der Waals surface area contributed by atoms with Crippen molar-refractivity contribution in [2.75, 3.05) is 20.6 Å². The zero-order chi connectivity index (χ0) is 26.0. The highest BCUT2D eigenvalue weighted by atomic mass is 35.5. The molecule has 1 aliphatic heterocycles. The fourth-order valence-corrected chi connectivity index (χ4v) is 4.53. The van der Waals surface area contributed by atoms with E-state index in [9.17, 15) is 18.8 Å². The maximum Gasteiger partial charge on any atom is 0.256 e. The molecular formula is C28H27ClFN3O3. The van der Waals surface area contributed by atoms with Gasteiger partial charge in [-0.1, -0.05) is 54.9 Å². The lowest BCUT2D eigenvalue weighted by molar-refractivity contribution is -0.125. The summed E-state index contributed by atoms with van der Waals surface area (Å²) in [6.45, 7) is 2.42. The molecule has 0 radical (unpaired) electrons. The number of rotatable bonds is 7. The van der Waals surface area contributed by atoms with Crippen LogP contribution in [-0.2, 0) is 11.3 Å². The predicted molar refractivity (Wildman–Crippen MR) is 136 cm³/mol. The van der Waals surface area contributed by atoms with E-state index >= 15 is 0 Å². The Labute approximate surface area is 214 Å². The van der Waals surface area contributed by atoms with E-state index in [1.807, 2.05) is 19.1 Å². The molecule has 186 valence electrons. The summed E-state index contributed by atoms with van der Waals surface area (Å²) in [5.74, 6) is -1.67. The summed E-state index contributed by atoms with van der Waals surface area (Å²) in [5, 5.41) is 3.50. The third kappa shape index (κ3) is 5.11. The van der Waals surface area contributed by atoms with E-state index in [1.54, 1.807) is 55.4 Å². The summed E-state index contributed by atoms with van der Waals surface area (Å²) >= 11 is 6.01. The van der Waals surface area contributed by atoms with Crippen molar-refractivity contribution in [1.29, 1.82) is 0 Å². The molecule has 0 saturated carbocycles. The van der Waals surface area contributed by atoms with E-state index in [0.717, 1.165) is 5.56 Å². The Morgan fingerprint density at radius 2 is 1.78 bits per heavy atom. The fraction of sp³-hybridized carbons (Fsp3) is 0.250. The Kier molecular flexibility index (Phi) is 7.40. The van der Waals surface area contributed by atoms with E-state index in [-0.39, 0.29) is 29.8 Å². The molecule has 0 spiro atoms. The SMILES string of the molecule is CC(CN1C(=O)c2ccccc2C1C(=O)NCc1ccc(F)c(C(=O)N(C)C)c1)c1ccc(Cl)cc1. The van der Waals surface area contributed by atoms with Crippen LogP contribution in [0.4, 0.5) is 4.39 Å². The number of nitrogens with zero attached hydrogens (tertiary/aromatic N) is 2. The lowest BCUT2D eigenvalue weighted by Crippen LogP contribution is -2.40. The zero-order valence-electron chi connectivity index (χ0n) is 20.3. The Bertz CT molecular complexity index is 1310. The highest BCUT2D eigenvalue weighted by Gasteiger charge is 2.41. The third-order valence-corrected chi connectivity index (χ3v) is 6.60. The molecule has 0 saturated heterocycles. The first-order chi connectivity index (χ1) is 17.2. The highest BCUT2D eigenvalue weighted by molar-refractivity contribution is 6.30. The first kappa shape index (κ1) is 25.4. The third-order valence-electron chi connectivity index (χ3n) is 6.35. The van der Waals surface area contributed by atoms with Crippen LogP contribution in [0, 0.1) is 5.82 Å². The molecule has 1 aliphatic rings. The van der Waals surface area contributed by atoms with E-state index in [1.165, 1.54) is 23.1 Å². The van der Waals surface area contributed by atoms with Gasteiger partial charge in [-0.25, -0.2) is 4.39 Å². The lowest BCUT2D eigenvalue weighted by Gasteiger charge is -2.28. The topological polar surface area (TPSA) is 69.7 Å². The number of halogens is 2. The standard InChI is InChI=1S/C28H27ClFN3O3/c1-17(19-9-11-20(29)12-10-19)16-33-25(21-6-4-5-7-22(21)28(33)36)26(34)31-15-18-8-13-24(30)23(14-18)27(35)32(2)3/h4-14,17,25H,15-16H2,1-3H3,(H,31,34). The number of hydrogen-bond acceptors (Lipinski definition) is 3.